The van der Waals surface area contributed by atoms with Gasteiger partial charge in [0.25, 0.3) is 0 Å². The van der Waals surface area contributed by atoms with Gasteiger partial charge in [-0.15, -0.1) is 0 Å². The second-order valence-corrected chi connectivity index (χ2v) is 13.2. The third-order valence-electron chi connectivity index (χ3n) is 6.91. The summed E-state index contributed by atoms with van der Waals surface area (Å²) in [5.74, 6) is 0.547. The summed E-state index contributed by atoms with van der Waals surface area (Å²) in [4.78, 5) is 23.8. The highest BCUT2D eigenvalue weighted by Gasteiger charge is 2.32. The summed E-state index contributed by atoms with van der Waals surface area (Å²) >= 11 is 15.1. The van der Waals surface area contributed by atoms with E-state index in [1.807, 2.05) is 36.4 Å². The molecule has 4 aromatic rings. The van der Waals surface area contributed by atoms with Gasteiger partial charge in [0.15, 0.2) is 0 Å². The van der Waals surface area contributed by atoms with Crippen LogP contribution in [0.4, 0.5) is 0 Å². The molecule has 0 aliphatic rings. The van der Waals surface area contributed by atoms with Crippen LogP contribution < -0.4 is 9.47 Å². The van der Waals surface area contributed by atoms with Crippen LogP contribution in [0.1, 0.15) is 56.8 Å². The van der Waals surface area contributed by atoms with Crippen molar-refractivity contribution in [2.75, 3.05) is 14.2 Å². The summed E-state index contributed by atoms with van der Waals surface area (Å²) in [6, 6.07) is 22.3. The van der Waals surface area contributed by atoms with E-state index in [4.69, 9.17) is 18.9 Å². The molecular formula is C33H28Br4O6. The van der Waals surface area contributed by atoms with Gasteiger partial charge in [-0.2, -0.15) is 0 Å². The van der Waals surface area contributed by atoms with E-state index in [0.717, 1.165) is 40.1 Å². The fourth-order valence-electron chi connectivity index (χ4n) is 4.53. The molecule has 0 saturated heterocycles. The van der Waals surface area contributed by atoms with Crippen molar-refractivity contribution in [3.63, 3.8) is 0 Å². The SMILES string of the molecule is COC(=O)c1cccc(COc2ccc(C(C)(C)c3c(Br)c(Br)c(OCc4cccc(C(=O)OC)c4)c(Br)c3Br)cc2)c1. The molecule has 0 aliphatic heterocycles. The number of ether oxygens (including phenoxy) is 4. The first-order valence-corrected chi connectivity index (χ1v) is 16.2. The molecule has 10 heteroatoms. The van der Waals surface area contributed by atoms with Crippen LogP contribution in [0.3, 0.4) is 0 Å². The molecule has 6 nitrogen and oxygen atoms in total. The molecule has 43 heavy (non-hydrogen) atoms. The molecule has 0 unspecified atom stereocenters. The predicted octanol–water partition coefficient (Wildman–Crippen LogP) is 9.79. The van der Waals surface area contributed by atoms with E-state index >= 15 is 0 Å². The van der Waals surface area contributed by atoms with Crippen molar-refractivity contribution >= 4 is 75.7 Å². The molecule has 0 saturated carbocycles. The van der Waals surface area contributed by atoms with Crippen LogP contribution in [-0.4, -0.2) is 26.2 Å². The summed E-state index contributed by atoms with van der Waals surface area (Å²) in [5, 5.41) is 0. The average molecular weight is 840 g/mol. The molecule has 0 heterocycles. The van der Waals surface area contributed by atoms with Crippen molar-refractivity contribution in [3.8, 4) is 11.5 Å². The monoisotopic (exact) mass is 836 g/mol. The molecule has 4 aromatic carbocycles. The van der Waals surface area contributed by atoms with Crippen molar-refractivity contribution in [2.45, 2.75) is 32.5 Å². The Morgan fingerprint density at radius 3 is 1.58 bits per heavy atom. The fourth-order valence-corrected chi connectivity index (χ4v) is 7.84. The number of hydrogen-bond donors (Lipinski definition) is 0. The molecule has 0 atom stereocenters. The van der Waals surface area contributed by atoms with Gasteiger partial charge < -0.3 is 18.9 Å². The number of halogens is 4. The lowest BCUT2D eigenvalue weighted by Gasteiger charge is -2.30. The Kier molecular flexibility index (Phi) is 11.1. The number of carbonyl (C=O) groups is 2. The molecule has 0 bridgehead atoms. The van der Waals surface area contributed by atoms with E-state index in [9.17, 15) is 9.59 Å². The van der Waals surface area contributed by atoms with Gasteiger partial charge in [0, 0.05) is 14.4 Å². The van der Waals surface area contributed by atoms with Gasteiger partial charge in [-0.3, -0.25) is 0 Å². The first-order chi connectivity index (χ1) is 20.5. The molecule has 0 amide bonds. The third kappa shape index (κ3) is 7.53. The van der Waals surface area contributed by atoms with Gasteiger partial charge in [0.1, 0.15) is 24.7 Å². The van der Waals surface area contributed by atoms with Gasteiger partial charge in [0.05, 0.1) is 34.3 Å². The maximum atomic E-state index is 11.9. The topological polar surface area (TPSA) is 71.1 Å². The molecule has 0 spiro atoms. The van der Waals surface area contributed by atoms with Crippen LogP contribution in [0, 0.1) is 0 Å². The van der Waals surface area contributed by atoms with E-state index in [1.54, 1.807) is 36.4 Å². The van der Waals surface area contributed by atoms with Gasteiger partial charge in [-0.05, 0) is 122 Å². The third-order valence-corrected chi connectivity index (χ3v) is 11.1. The minimum absolute atomic E-state index is 0.248. The number of hydrogen-bond acceptors (Lipinski definition) is 6. The number of benzene rings is 4. The quantitative estimate of drug-likeness (QED) is 0.117. The Labute approximate surface area is 284 Å². The van der Waals surface area contributed by atoms with Crippen LogP contribution in [0.25, 0.3) is 0 Å². The van der Waals surface area contributed by atoms with E-state index in [0.29, 0.717) is 29.2 Å². The molecular weight excluding hydrogens is 812 g/mol. The van der Waals surface area contributed by atoms with Crippen LogP contribution in [0.15, 0.2) is 90.7 Å². The smallest absolute Gasteiger partial charge is 0.337 e. The molecule has 0 N–H and O–H groups in total. The summed E-state index contributed by atoms with van der Waals surface area (Å²) < 4.78 is 25.0. The Morgan fingerprint density at radius 2 is 1.12 bits per heavy atom. The van der Waals surface area contributed by atoms with Gasteiger partial charge in [0.2, 0.25) is 0 Å². The van der Waals surface area contributed by atoms with Crippen molar-refractivity contribution in [1.82, 2.24) is 0 Å². The van der Waals surface area contributed by atoms with Crippen LogP contribution in [-0.2, 0) is 28.1 Å². The van der Waals surface area contributed by atoms with Gasteiger partial charge in [-0.1, -0.05) is 50.2 Å². The van der Waals surface area contributed by atoms with E-state index in [2.05, 4.69) is 77.6 Å². The van der Waals surface area contributed by atoms with Crippen LogP contribution in [0.2, 0.25) is 0 Å². The van der Waals surface area contributed by atoms with Crippen LogP contribution in [0.5, 0.6) is 11.5 Å². The van der Waals surface area contributed by atoms with E-state index in [1.165, 1.54) is 14.2 Å². The largest absolute Gasteiger partial charge is 0.489 e. The molecule has 0 aliphatic carbocycles. The number of rotatable bonds is 10. The summed E-state index contributed by atoms with van der Waals surface area (Å²) in [5.41, 5.74) is 4.30. The highest BCUT2D eigenvalue weighted by atomic mass is 79.9. The van der Waals surface area contributed by atoms with Crippen molar-refractivity contribution in [1.29, 1.82) is 0 Å². The number of methoxy groups -OCH3 is 2. The Balaban J connectivity index is 1.53. The van der Waals surface area contributed by atoms with Crippen LogP contribution >= 0.6 is 63.7 Å². The lowest BCUT2D eigenvalue weighted by molar-refractivity contribution is 0.0591. The molecule has 0 fully saturated rings. The molecule has 0 aromatic heterocycles. The zero-order valence-corrected chi connectivity index (χ0v) is 30.1. The normalized spacial score (nSPS) is 11.2. The maximum Gasteiger partial charge on any atom is 0.337 e. The van der Waals surface area contributed by atoms with Gasteiger partial charge in [-0.25, -0.2) is 9.59 Å². The Bertz CT molecular complexity index is 1620. The minimum atomic E-state index is -0.427. The predicted molar refractivity (Wildman–Crippen MR) is 180 cm³/mol. The zero-order chi connectivity index (χ0) is 31.3. The standard InChI is InChI=1S/C33H28Br4O6/c1-33(2,23-11-13-24(14-12-23)42-17-19-7-5-9-21(15-19)31(38)40-3)25-26(34)28(36)30(29(37)27(25)35)43-18-20-8-6-10-22(16-20)32(39)41-4/h5-16H,17-18H2,1-4H3. The van der Waals surface area contributed by atoms with E-state index in [-0.39, 0.29) is 12.6 Å². The Hall–Kier alpha value is -2.66. The second kappa shape index (κ2) is 14.4. The number of carbonyl (C=O) groups excluding carboxylic acids is 2. The highest BCUT2D eigenvalue weighted by molar-refractivity contribution is 9.14. The molecule has 224 valence electrons. The first-order valence-electron chi connectivity index (χ1n) is 13.0. The summed E-state index contributed by atoms with van der Waals surface area (Å²) in [7, 11) is 2.72. The number of esters is 2. The fraction of sp³-hybridized carbons (Fsp3) is 0.212. The second-order valence-electron chi connectivity index (χ2n) is 10.1. The van der Waals surface area contributed by atoms with Crippen molar-refractivity contribution in [3.05, 3.63) is 124 Å². The van der Waals surface area contributed by atoms with Crippen molar-refractivity contribution in [2.24, 2.45) is 0 Å². The lowest BCUT2D eigenvalue weighted by atomic mass is 9.78. The average Bonchev–Trinajstić information content (AvgIpc) is 3.02. The minimum Gasteiger partial charge on any atom is -0.489 e. The summed E-state index contributed by atoms with van der Waals surface area (Å²) in [6.07, 6.45) is 0. The van der Waals surface area contributed by atoms with E-state index < -0.39 is 11.4 Å². The Morgan fingerprint density at radius 1 is 0.651 bits per heavy atom. The molecule has 4 rings (SSSR count). The first kappa shape index (κ1) is 33.2. The highest BCUT2D eigenvalue weighted by Crippen LogP contribution is 2.51. The molecule has 0 radical (unpaired) electrons. The lowest BCUT2D eigenvalue weighted by Crippen LogP contribution is -2.21. The summed E-state index contributed by atoms with van der Waals surface area (Å²) in [6.45, 7) is 4.85. The van der Waals surface area contributed by atoms with Crippen molar-refractivity contribution < 1.29 is 28.5 Å². The zero-order valence-electron chi connectivity index (χ0n) is 23.8. The van der Waals surface area contributed by atoms with Gasteiger partial charge >= 0.3 is 11.9 Å². The maximum absolute atomic E-state index is 11.9.